The van der Waals surface area contributed by atoms with Crippen LogP contribution in [-0.2, 0) is 13.6 Å². The van der Waals surface area contributed by atoms with Crippen LogP contribution in [0.1, 0.15) is 28.8 Å². The first-order valence-corrected chi connectivity index (χ1v) is 12.2. The van der Waals surface area contributed by atoms with Crippen LogP contribution >= 0.6 is 0 Å². The molecule has 6 rings (SSSR count). The van der Waals surface area contributed by atoms with Crippen molar-refractivity contribution in [2.75, 3.05) is 13.1 Å². The first-order valence-electron chi connectivity index (χ1n) is 12.2. The minimum absolute atomic E-state index is 0.0531. The van der Waals surface area contributed by atoms with Gasteiger partial charge in [0.2, 0.25) is 0 Å². The van der Waals surface area contributed by atoms with Crippen LogP contribution in [-0.4, -0.2) is 52.7 Å². The molecule has 5 aromatic rings. The molecular formula is C28H26N6O3. The van der Waals surface area contributed by atoms with E-state index in [4.69, 9.17) is 0 Å². The molecule has 0 unspecified atom stereocenters. The molecule has 0 aliphatic carbocycles. The molecule has 0 bridgehead atoms. The number of aromatic carboxylic acids is 1. The van der Waals surface area contributed by atoms with Crippen molar-refractivity contribution in [3.05, 3.63) is 101 Å². The van der Waals surface area contributed by atoms with Crippen molar-refractivity contribution in [2.24, 2.45) is 7.05 Å². The summed E-state index contributed by atoms with van der Waals surface area (Å²) < 4.78 is 5.16. The van der Waals surface area contributed by atoms with Gasteiger partial charge in [-0.05, 0) is 41.8 Å². The summed E-state index contributed by atoms with van der Waals surface area (Å²) in [5.74, 6) is -0.314. The summed E-state index contributed by atoms with van der Waals surface area (Å²) in [4.78, 5) is 36.4. The Balaban J connectivity index is 1.34. The Labute approximate surface area is 212 Å². The lowest BCUT2D eigenvalue weighted by atomic mass is 10.1. The lowest BCUT2D eigenvalue weighted by molar-refractivity contribution is 0.0686. The van der Waals surface area contributed by atoms with Crippen LogP contribution in [0, 0.1) is 0 Å². The lowest BCUT2D eigenvalue weighted by Gasteiger charge is -2.16. The van der Waals surface area contributed by atoms with E-state index in [9.17, 15) is 14.7 Å². The maximum absolute atomic E-state index is 13.9. The van der Waals surface area contributed by atoms with Gasteiger partial charge < -0.3 is 9.67 Å². The molecule has 3 aromatic heterocycles. The van der Waals surface area contributed by atoms with E-state index in [1.165, 1.54) is 6.20 Å². The average Bonchev–Trinajstić information content (AvgIpc) is 3.60. The molecule has 9 heteroatoms. The molecular weight excluding hydrogens is 468 g/mol. The zero-order valence-corrected chi connectivity index (χ0v) is 20.4. The number of fused-ring (bicyclic) bond motifs is 1. The smallest absolute Gasteiger partial charge is 0.354 e. The van der Waals surface area contributed by atoms with Crippen molar-refractivity contribution < 1.29 is 9.90 Å². The van der Waals surface area contributed by atoms with Gasteiger partial charge in [-0.15, -0.1) is 0 Å². The number of carboxylic acids is 1. The normalized spacial score (nSPS) is 16.0. The number of imidazole rings is 2. The second-order valence-electron chi connectivity index (χ2n) is 9.35. The van der Waals surface area contributed by atoms with Gasteiger partial charge in [-0.25, -0.2) is 19.6 Å². The van der Waals surface area contributed by atoms with Gasteiger partial charge >= 0.3 is 11.7 Å². The summed E-state index contributed by atoms with van der Waals surface area (Å²) in [6, 6.07) is 21.8. The third kappa shape index (κ3) is 4.03. The largest absolute Gasteiger partial charge is 0.477 e. The van der Waals surface area contributed by atoms with Crippen LogP contribution in [0.4, 0.5) is 0 Å². The van der Waals surface area contributed by atoms with Gasteiger partial charge in [-0.2, -0.15) is 0 Å². The maximum atomic E-state index is 13.9. The number of hydrogen-bond donors (Lipinski definition) is 1. The van der Waals surface area contributed by atoms with E-state index in [1.807, 2.05) is 59.2 Å². The predicted molar refractivity (Wildman–Crippen MR) is 140 cm³/mol. The molecule has 186 valence electrons. The number of benzene rings is 2. The highest BCUT2D eigenvalue weighted by molar-refractivity contribution is 5.85. The summed E-state index contributed by atoms with van der Waals surface area (Å²) in [5, 5.41) is 9.32. The van der Waals surface area contributed by atoms with Gasteiger partial charge in [0.15, 0.2) is 5.65 Å². The topological polar surface area (TPSA) is 98.2 Å². The molecule has 2 aromatic carbocycles. The molecule has 0 radical (unpaired) electrons. The van der Waals surface area contributed by atoms with Gasteiger partial charge in [0.25, 0.3) is 0 Å². The first kappa shape index (κ1) is 22.9. The van der Waals surface area contributed by atoms with Gasteiger partial charge in [0.05, 0.1) is 30.0 Å². The Morgan fingerprint density at radius 2 is 1.84 bits per heavy atom. The fraction of sp³-hybridized carbons (Fsp3) is 0.214. The maximum Gasteiger partial charge on any atom is 0.354 e. The predicted octanol–water partition coefficient (Wildman–Crippen LogP) is 3.73. The summed E-state index contributed by atoms with van der Waals surface area (Å²) in [7, 11) is 1.71. The van der Waals surface area contributed by atoms with Gasteiger partial charge in [-0.3, -0.25) is 14.0 Å². The van der Waals surface area contributed by atoms with E-state index in [-0.39, 0.29) is 17.4 Å². The number of likely N-dealkylation sites (tertiary alicyclic amines) is 1. The van der Waals surface area contributed by atoms with E-state index in [0.29, 0.717) is 24.6 Å². The lowest BCUT2D eigenvalue weighted by Crippen LogP contribution is -2.29. The highest BCUT2D eigenvalue weighted by Gasteiger charge is 2.30. The summed E-state index contributed by atoms with van der Waals surface area (Å²) >= 11 is 0. The number of aromatic nitrogens is 5. The Morgan fingerprint density at radius 3 is 2.62 bits per heavy atom. The molecule has 1 atom stereocenters. The van der Waals surface area contributed by atoms with Crippen LogP contribution in [0.5, 0.6) is 0 Å². The van der Waals surface area contributed by atoms with E-state index < -0.39 is 5.97 Å². The molecule has 0 saturated carbocycles. The molecule has 4 heterocycles. The monoisotopic (exact) mass is 494 g/mol. The second kappa shape index (κ2) is 9.18. The number of nitrogens with zero attached hydrogens (tertiary/aromatic N) is 6. The van der Waals surface area contributed by atoms with Crippen LogP contribution < -0.4 is 5.69 Å². The summed E-state index contributed by atoms with van der Waals surface area (Å²) in [6.45, 7) is 1.94. The number of carbonyl (C=O) groups is 1. The highest BCUT2D eigenvalue weighted by Crippen LogP contribution is 2.28. The fourth-order valence-corrected chi connectivity index (χ4v) is 5.24. The van der Waals surface area contributed by atoms with Crippen LogP contribution in [0.25, 0.3) is 28.0 Å². The van der Waals surface area contributed by atoms with E-state index >= 15 is 0 Å². The van der Waals surface area contributed by atoms with Crippen LogP contribution in [0.2, 0.25) is 0 Å². The zero-order valence-electron chi connectivity index (χ0n) is 20.4. The molecule has 1 aliphatic heterocycles. The average molecular weight is 495 g/mol. The molecule has 1 saturated heterocycles. The number of rotatable bonds is 6. The second-order valence-corrected chi connectivity index (χ2v) is 9.35. The van der Waals surface area contributed by atoms with E-state index in [2.05, 4.69) is 27.0 Å². The van der Waals surface area contributed by atoms with Gasteiger partial charge in [0.1, 0.15) is 11.5 Å². The fourth-order valence-electron chi connectivity index (χ4n) is 5.24. The molecule has 1 aliphatic rings. The van der Waals surface area contributed by atoms with E-state index in [1.54, 1.807) is 22.4 Å². The SMILES string of the molecule is Cn1c(C(=O)O)cnc1CN1CC[C@H](n2c(=O)n(-c3cccc(-c4ccccc4)c3)c3cccnc32)C1. The molecule has 9 nitrogen and oxygen atoms in total. The third-order valence-corrected chi connectivity index (χ3v) is 7.13. The van der Waals surface area contributed by atoms with Crippen molar-refractivity contribution in [1.82, 2.24) is 28.6 Å². The van der Waals surface area contributed by atoms with Crippen LogP contribution in [0.3, 0.4) is 0 Å². The molecule has 1 N–H and O–H groups in total. The van der Waals surface area contributed by atoms with Crippen molar-refractivity contribution >= 4 is 17.1 Å². The molecule has 0 spiro atoms. The minimum atomic E-state index is -0.998. The van der Waals surface area contributed by atoms with Crippen molar-refractivity contribution in [1.29, 1.82) is 0 Å². The molecule has 1 fully saturated rings. The summed E-state index contributed by atoms with van der Waals surface area (Å²) in [6.07, 6.45) is 3.89. The van der Waals surface area contributed by atoms with Crippen molar-refractivity contribution in [3.8, 4) is 16.8 Å². The van der Waals surface area contributed by atoms with E-state index in [0.717, 1.165) is 35.3 Å². The van der Waals surface area contributed by atoms with Gasteiger partial charge in [-0.1, -0.05) is 42.5 Å². The molecule has 0 amide bonds. The zero-order chi connectivity index (χ0) is 25.5. The van der Waals surface area contributed by atoms with Crippen molar-refractivity contribution in [2.45, 2.75) is 19.0 Å². The van der Waals surface area contributed by atoms with Crippen LogP contribution in [0.15, 0.2) is 83.9 Å². The highest BCUT2D eigenvalue weighted by atomic mass is 16.4. The number of hydrogen-bond acceptors (Lipinski definition) is 5. The van der Waals surface area contributed by atoms with Gasteiger partial charge in [0, 0.05) is 26.3 Å². The van der Waals surface area contributed by atoms with Crippen molar-refractivity contribution in [3.63, 3.8) is 0 Å². The Bertz CT molecular complexity index is 1670. The number of carboxylic acid groups (broad SMARTS) is 1. The molecule has 37 heavy (non-hydrogen) atoms. The number of pyridine rings is 1. The Kier molecular flexibility index (Phi) is 5.69. The minimum Gasteiger partial charge on any atom is -0.477 e. The summed E-state index contributed by atoms with van der Waals surface area (Å²) in [5.41, 5.74) is 4.40. The first-order chi connectivity index (χ1) is 18.0. The Hall–Kier alpha value is -4.50. The quantitative estimate of drug-likeness (QED) is 0.386. The third-order valence-electron chi connectivity index (χ3n) is 7.13. The Morgan fingerprint density at radius 1 is 1.03 bits per heavy atom. The standard InChI is InChI=1S/C28H26N6O3/c1-31-24(27(35)36)16-30-25(31)18-32-14-12-22(17-32)34-26-23(11-6-13-29-26)33(28(34)37)21-10-5-9-20(15-21)19-7-3-2-4-8-19/h2-11,13,15-16,22H,12,14,17-18H2,1H3,(H,35,36)/t22-/m0/s1.